The van der Waals surface area contributed by atoms with E-state index >= 15 is 0 Å². The number of nitrogens with zero attached hydrogens (tertiary/aromatic N) is 5. The Morgan fingerprint density at radius 1 is 1.26 bits per heavy atom. The first-order valence-electron chi connectivity index (χ1n) is 9.20. The second-order valence-electron chi connectivity index (χ2n) is 6.83. The van der Waals surface area contributed by atoms with Gasteiger partial charge >= 0.3 is 0 Å². The van der Waals surface area contributed by atoms with Gasteiger partial charge < -0.3 is 15.1 Å². The Morgan fingerprint density at radius 3 is 2.70 bits per heavy atom. The summed E-state index contributed by atoms with van der Waals surface area (Å²) >= 11 is 0. The van der Waals surface area contributed by atoms with Crippen molar-refractivity contribution in [1.29, 1.82) is 0 Å². The Kier molecular flexibility index (Phi) is 6.26. The molecule has 0 radical (unpaired) electrons. The molecule has 3 rings (SSSR count). The lowest BCUT2D eigenvalue weighted by Crippen LogP contribution is -2.53. The van der Waals surface area contributed by atoms with Crippen LogP contribution in [0.15, 0.2) is 41.7 Å². The lowest BCUT2D eigenvalue weighted by molar-refractivity contribution is 0.362. The van der Waals surface area contributed by atoms with E-state index in [1.54, 1.807) is 13.2 Å². The first-order chi connectivity index (χ1) is 13.1. The Morgan fingerprint density at radius 2 is 2.04 bits per heavy atom. The molecule has 1 aliphatic heterocycles. The van der Waals surface area contributed by atoms with Crippen LogP contribution < -0.4 is 10.2 Å². The van der Waals surface area contributed by atoms with Gasteiger partial charge in [0.15, 0.2) is 5.96 Å². The summed E-state index contributed by atoms with van der Waals surface area (Å²) in [6.45, 7) is 6.40. The van der Waals surface area contributed by atoms with Gasteiger partial charge in [-0.2, -0.15) is 5.10 Å². The predicted molar refractivity (Wildman–Crippen MR) is 103 cm³/mol. The first-order valence-corrected chi connectivity index (χ1v) is 9.20. The van der Waals surface area contributed by atoms with Crippen molar-refractivity contribution in [3.63, 3.8) is 0 Å². The van der Waals surface area contributed by atoms with Crippen molar-refractivity contribution in [2.75, 3.05) is 44.7 Å². The van der Waals surface area contributed by atoms with E-state index < -0.39 is 5.82 Å². The molecule has 27 heavy (non-hydrogen) atoms. The van der Waals surface area contributed by atoms with Crippen LogP contribution in [0.4, 0.5) is 14.5 Å². The van der Waals surface area contributed by atoms with E-state index in [0.29, 0.717) is 37.8 Å². The van der Waals surface area contributed by atoms with Crippen molar-refractivity contribution in [3.8, 4) is 0 Å². The number of hydrogen-bond acceptors (Lipinski definition) is 3. The second-order valence-corrected chi connectivity index (χ2v) is 6.83. The number of benzene rings is 1. The number of hydrogen-bond donors (Lipinski definition) is 1. The molecule has 146 valence electrons. The summed E-state index contributed by atoms with van der Waals surface area (Å²) in [6.07, 6.45) is 3.73. The second kappa shape index (κ2) is 8.83. The first kappa shape index (κ1) is 19.1. The summed E-state index contributed by atoms with van der Waals surface area (Å²) in [5.41, 5.74) is 0.324. The monoisotopic (exact) mass is 376 g/mol. The van der Waals surface area contributed by atoms with E-state index in [9.17, 15) is 8.78 Å². The molecule has 1 fully saturated rings. The van der Waals surface area contributed by atoms with Crippen molar-refractivity contribution >= 4 is 11.6 Å². The topological polar surface area (TPSA) is 48.7 Å². The Hall–Kier alpha value is -2.64. The molecular formula is C19H26F2N6. The van der Waals surface area contributed by atoms with E-state index in [1.807, 2.05) is 21.8 Å². The fraction of sp³-hybridized carbons (Fsp3) is 0.474. The van der Waals surface area contributed by atoms with Crippen LogP contribution in [0.3, 0.4) is 0 Å². The molecule has 0 spiro atoms. The molecular weight excluding hydrogens is 350 g/mol. The molecule has 1 saturated heterocycles. The van der Waals surface area contributed by atoms with Gasteiger partial charge in [-0.3, -0.25) is 9.67 Å². The molecule has 1 aliphatic rings. The highest BCUT2D eigenvalue weighted by Crippen LogP contribution is 2.21. The maximum atomic E-state index is 14.0. The SMILES string of the molecule is CN=C(NCC(C)Cn1cccn1)N1CCN(c2cc(F)ccc2F)CC1. The van der Waals surface area contributed by atoms with E-state index in [-0.39, 0.29) is 5.82 Å². The normalized spacial score (nSPS) is 16.5. The van der Waals surface area contributed by atoms with Crippen molar-refractivity contribution in [3.05, 3.63) is 48.3 Å². The molecule has 0 saturated carbocycles. The van der Waals surface area contributed by atoms with Gasteiger partial charge in [-0.05, 0) is 24.1 Å². The average molecular weight is 376 g/mol. The lowest BCUT2D eigenvalue weighted by Gasteiger charge is -2.38. The van der Waals surface area contributed by atoms with Crippen LogP contribution in [0, 0.1) is 17.6 Å². The number of anilines is 1. The Balaban J connectivity index is 1.50. The average Bonchev–Trinajstić information content (AvgIpc) is 3.18. The summed E-state index contributed by atoms with van der Waals surface area (Å²) in [5.74, 6) is 0.420. The van der Waals surface area contributed by atoms with Crippen molar-refractivity contribution in [2.24, 2.45) is 10.9 Å². The van der Waals surface area contributed by atoms with Gasteiger partial charge in [0, 0.05) is 64.8 Å². The van der Waals surface area contributed by atoms with Crippen molar-refractivity contribution < 1.29 is 8.78 Å². The fourth-order valence-corrected chi connectivity index (χ4v) is 3.28. The molecule has 6 nitrogen and oxygen atoms in total. The molecule has 2 aromatic rings. The number of piperazine rings is 1. The number of rotatable bonds is 5. The summed E-state index contributed by atoms with van der Waals surface area (Å²) in [7, 11) is 1.76. The van der Waals surface area contributed by atoms with Crippen LogP contribution in [-0.2, 0) is 6.54 Å². The lowest BCUT2D eigenvalue weighted by atomic mass is 10.2. The van der Waals surface area contributed by atoms with Gasteiger partial charge in [-0.1, -0.05) is 6.92 Å². The Bertz CT molecular complexity index is 754. The molecule has 2 heterocycles. The molecule has 1 N–H and O–H groups in total. The van der Waals surface area contributed by atoms with E-state index in [1.165, 1.54) is 12.1 Å². The third-order valence-corrected chi connectivity index (χ3v) is 4.71. The zero-order valence-electron chi connectivity index (χ0n) is 15.8. The highest BCUT2D eigenvalue weighted by molar-refractivity contribution is 5.80. The molecule has 1 unspecified atom stereocenters. The van der Waals surface area contributed by atoms with Crippen LogP contribution in [-0.4, -0.2) is 60.4 Å². The van der Waals surface area contributed by atoms with Gasteiger partial charge in [-0.15, -0.1) is 0 Å². The van der Waals surface area contributed by atoms with E-state index in [0.717, 1.165) is 25.1 Å². The summed E-state index contributed by atoms with van der Waals surface area (Å²) in [4.78, 5) is 8.39. The molecule has 1 aromatic heterocycles. The van der Waals surface area contributed by atoms with Crippen molar-refractivity contribution in [2.45, 2.75) is 13.5 Å². The van der Waals surface area contributed by atoms with Crippen LogP contribution in [0.5, 0.6) is 0 Å². The highest BCUT2D eigenvalue weighted by Gasteiger charge is 2.22. The number of guanidine groups is 1. The molecule has 0 bridgehead atoms. The Labute approximate surface area is 158 Å². The van der Waals surface area contributed by atoms with Gasteiger partial charge in [0.05, 0.1) is 5.69 Å². The number of aromatic nitrogens is 2. The largest absolute Gasteiger partial charge is 0.366 e. The van der Waals surface area contributed by atoms with Crippen LogP contribution in [0.2, 0.25) is 0 Å². The maximum Gasteiger partial charge on any atom is 0.193 e. The summed E-state index contributed by atoms with van der Waals surface area (Å²) in [6, 6.07) is 5.50. The van der Waals surface area contributed by atoms with Crippen LogP contribution in [0.1, 0.15) is 6.92 Å². The highest BCUT2D eigenvalue weighted by atomic mass is 19.1. The van der Waals surface area contributed by atoms with Gasteiger partial charge in [0.1, 0.15) is 11.6 Å². The number of halogens is 2. The fourth-order valence-electron chi connectivity index (χ4n) is 3.28. The summed E-state index contributed by atoms with van der Waals surface area (Å²) < 4.78 is 29.3. The van der Waals surface area contributed by atoms with Gasteiger partial charge in [0.2, 0.25) is 0 Å². The molecule has 0 aliphatic carbocycles. The van der Waals surface area contributed by atoms with Gasteiger partial charge in [-0.25, -0.2) is 8.78 Å². The minimum Gasteiger partial charge on any atom is -0.366 e. The maximum absolute atomic E-state index is 14.0. The van der Waals surface area contributed by atoms with Crippen molar-refractivity contribution in [1.82, 2.24) is 20.0 Å². The molecule has 1 aromatic carbocycles. The molecule has 8 heteroatoms. The van der Waals surface area contributed by atoms with E-state index in [4.69, 9.17) is 0 Å². The third-order valence-electron chi connectivity index (χ3n) is 4.71. The smallest absolute Gasteiger partial charge is 0.193 e. The predicted octanol–water partition coefficient (Wildman–Crippen LogP) is 2.20. The molecule has 0 amide bonds. The minimum atomic E-state index is -0.419. The standard InChI is InChI=1S/C19H26F2N6/c1-15(14-27-7-3-6-24-27)13-23-19(22-2)26-10-8-25(9-11-26)18-12-16(20)4-5-17(18)21/h3-7,12,15H,8-11,13-14H2,1-2H3,(H,22,23). The van der Waals surface area contributed by atoms with E-state index in [2.05, 4.69) is 27.2 Å². The van der Waals surface area contributed by atoms with Crippen LogP contribution in [0.25, 0.3) is 0 Å². The third kappa shape index (κ3) is 4.96. The zero-order valence-corrected chi connectivity index (χ0v) is 15.8. The summed E-state index contributed by atoms with van der Waals surface area (Å²) in [5, 5.41) is 7.64. The van der Waals surface area contributed by atoms with Gasteiger partial charge in [0.25, 0.3) is 0 Å². The quantitative estimate of drug-likeness (QED) is 0.642. The molecule has 1 atom stereocenters. The van der Waals surface area contributed by atoms with Crippen LogP contribution >= 0.6 is 0 Å². The number of nitrogens with one attached hydrogen (secondary N) is 1. The minimum absolute atomic E-state index is 0.324. The number of aliphatic imine (C=N–C) groups is 1. The zero-order chi connectivity index (χ0) is 19.2.